The zero-order valence-corrected chi connectivity index (χ0v) is 9.36. The van der Waals surface area contributed by atoms with Crippen LogP contribution in [-0.2, 0) is 9.47 Å². The summed E-state index contributed by atoms with van der Waals surface area (Å²) in [5.41, 5.74) is 0.0411. The van der Waals surface area contributed by atoms with E-state index < -0.39 is 0 Å². The van der Waals surface area contributed by atoms with Crippen molar-refractivity contribution in [1.29, 1.82) is 0 Å². The van der Waals surface area contributed by atoms with Crippen LogP contribution in [0.1, 0.15) is 23.3 Å². The third kappa shape index (κ3) is 3.60. The van der Waals surface area contributed by atoms with E-state index in [4.69, 9.17) is 9.47 Å². The molecule has 0 unspecified atom stereocenters. The van der Waals surface area contributed by atoms with E-state index in [0.717, 1.165) is 0 Å². The van der Waals surface area contributed by atoms with Crippen LogP contribution in [0.5, 0.6) is 0 Å². The second-order valence-electron chi connectivity index (χ2n) is 3.29. The maximum Gasteiger partial charge on any atom is 0.248 e. The van der Waals surface area contributed by atoms with Crippen molar-refractivity contribution < 1.29 is 14.3 Å². The van der Waals surface area contributed by atoms with Crippen LogP contribution in [0.15, 0.2) is 23.0 Å². The van der Waals surface area contributed by atoms with Gasteiger partial charge in [0.1, 0.15) is 0 Å². The number of pyridine rings is 1. The zero-order valence-electron chi connectivity index (χ0n) is 9.36. The summed E-state index contributed by atoms with van der Waals surface area (Å²) in [6.07, 6.45) is 0.342. The Bertz CT molecular complexity index is 395. The summed E-state index contributed by atoms with van der Waals surface area (Å²) >= 11 is 0. The van der Waals surface area contributed by atoms with Gasteiger partial charge in [-0.05, 0) is 6.07 Å². The van der Waals surface area contributed by atoms with Crippen LogP contribution in [-0.4, -0.2) is 31.3 Å². The van der Waals surface area contributed by atoms with Gasteiger partial charge in [-0.1, -0.05) is 6.07 Å². The number of rotatable bonds is 6. The Kier molecular flexibility index (Phi) is 4.88. The fourth-order valence-corrected chi connectivity index (χ4v) is 1.33. The molecule has 88 valence electrons. The first-order valence-corrected chi connectivity index (χ1v) is 4.95. The van der Waals surface area contributed by atoms with Gasteiger partial charge in [-0.2, -0.15) is 0 Å². The highest BCUT2D eigenvalue weighted by Crippen LogP contribution is 2.06. The van der Waals surface area contributed by atoms with Crippen LogP contribution in [0, 0.1) is 0 Å². The molecule has 1 heterocycles. The molecule has 0 aliphatic heterocycles. The van der Waals surface area contributed by atoms with Crippen LogP contribution in [0.25, 0.3) is 0 Å². The summed E-state index contributed by atoms with van der Waals surface area (Å²) in [5.74, 6) is -0.128. The fraction of sp³-hybridized carbons (Fsp3) is 0.455. The molecule has 0 bridgehead atoms. The summed E-state index contributed by atoms with van der Waals surface area (Å²) in [6, 6.07) is 4.50. The summed E-state index contributed by atoms with van der Waals surface area (Å²) < 4.78 is 9.93. The SMILES string of the molecule is COC(CCC(=O)c1cccc(=O)[nH]1)OC. The van der Waals surface area contributed by atoms with Crippen LogP contribution in [0.2, 0.25) is 0 Å². The van der Waals surface area contributed by atoms with Crippen LogP contribution in [0.4, 0.5) is 0 Å². The number of H-pyrrole nitrogens is 1. The number of aromatic nitrogens is 1. The van der Waals surface area contributed by atoms with E-state index in [1.54, 1.807) is 12.1 Å². The lowest BCUT2D eigenvalue weighted by atomic mass is 10.1. The molecule has 0 fully saturated rings. The number of carbonyl (C=O) groups excluding carboxylic acids is 1. The van der Waals surface area contributed by atoms with Crippen molar-refractivity contribution in [1.82, 2.24) is 4.98 Å². The summed E-state index contributed by atoms with van der Waals surface area (Å²) in [7, 11) is 3.03. The maximum atomic E-state index is 11.7. The maximum absolute atomic E-state index is 11.7. The van der Waals surface area contributed by atoms with Gasteiger partial charge in [0.15, 0.2) is 12.1 Å². The van der Waals surface area contributed by atoms with Gasteiger partial charge in [-0.15, -0.1) is 0 Å². The standard InChI is InChI=1S/C11H15NO4/c1-15-11(16-2)7-6-9(13)8-4-3-5-10(14)12-8/h3-5,11H,6-7H2,1-2H3,(H,12,14). The number of methoxy groups -OCH3 is 2. The third-order valence-electron chi connectivity index (χ3n) is 2.20. The van der Waals surface area contributed by atoms with E-state index in [1.807, 2.05) is 0 Å². The number of nitrogens with one attached hydrogen (secondary N) is 1. The summed E-state index contributed by atoms with van der Waals surface area (Å²) in [4.78, 5) is 25.1. The van der Waals surface area contributed by atoms with E-state index in [-0.39, 0.29) is 24.1 Å². The zero-order chi connectivity index (χ0) is 12.0. The lowest BCUT2D eigenvalue weighted by Crippen LogP contribution is -2.16. The van der Waals surface area contributed by atoms with Crippen molar-refractivity contribution in [2.24, 2.45) is 0 Å². The first kappa shape index (κ1) is 12.6. The molecule has 5 nitrogen and oxygen atoms in total. The van der Waals surface area contributed by atoms with Crippen molar-refractivity contribution in [2.75, 3.05) is 14.2 Å². The molecule has 0 radical (unpaired) electrons. The Hall–Kier alpha value is -1.46. The molecular weight excluding hydrogens is 210 g/mol. The minimum absolute atomic E-state index is 0.128. The number of hydrogen-bond acceptors (Lipinski definition) is 4. The van der Waals surface area contributed by atoms with E-state index in [9.17, 15) is 9.59 Å². The number of ketones is 1. The lowest BCUT2D eigenvalue weighted by Gasteiger charge is -2.11. The van der Waals surface area contributed by atoms with Crippen molar-refractivity contribution in [3.8, 4) is 0 Å². The number of aromatic amines is 1. The largest absolute Gasteiger partial charge is 0.356 e. The molecule has 0 saturated heterocycles. The van der Waals surface area contributed by atoms with Gasteiger partial charge in [0.05, 0.1) is 5.69 Å². The summed E-state index contributed by atoms with van der Waals surface area (Å²) in [5, 5.41) is 0. The molecule has 1 aromatic rings. The normalized spacial score (nSPS) is 10.7. The van der Waals surface area contributed by atoms with Crippen molar-refractivity contribution in [3.63, 3.8) is 0 Å². The Morgan fingerprint density at radius 3 is 2.62 bits per heavy atom. The number of carbonyl (C=O) groups is 1. The van der Waals surface area contributed by atoms with Crippen LogP contribution in [0.3, 0.4) is 0 Å². The molecule has 0 saturated carbocycles. The highest BCUT2D eigenvalue weighted by atomic mass is 16.7. The Labute approximate surface area is 93.4 Å². The average molecular weight is 225 g/mol. The highest BCUT2D eigenvalue weighted by Gasteiger charge is 2.11. The monoisotopic (exact) mass is 225 g/mol. The molecule has 1 N–H and O–H groups in total. The Morgan fingerprint density at radius 2 is 2.06 bits per heavy atom. The van der Waals surface area contributed by atoms with Crippen LogP contribution >= 0.6 is 0 Å². The predicted octanol–water partition coefficient (Wildman–Crippen LogP) is 0.957. The third-order valence-corrected chi connectivity index (χ3v) is 2.20. The van der Waals surface area contributed by atoms with Gasteiger partial charge in [-0.3, -0.25) is 9.59 Å². The van der Waals surface area contributed by atoms with E-state index >= 15 is 0 Å². The van der Waals surface area contributed by atoms with E-state index in [1.165, 1.54) is 20.3 Å². The molecular formula is C11H15NO4. The lowest BCUT2D eigenvalue weighted by molar-refractivity contribution is -0.105. The minimum Gasteiger partial charge on any atom is -0.356 e. The van der Waals surface area contributed by atoms with Crippen LogP contribution < -0.4 is 5.56 Å². The van der Waals surface area contributed by atoms with Gasteiger partial charge in [0.2, 0.25) is 5.56 Å². The van der Waals surface area contributed by atoms with Gasteiger partial charge >= 0.3 is 0 Å². The molecule has 5 heteroatoms. The number of Topliss-reactive ketones (excluding diaryl/α,β-unsaturated/α-hetero) is 1. The topological polar surface area (TPSA) is 68.4 Å². The van der Waals surface area contributed by atoms with Gasteiger partial charge in [0, 0.05) is 33.1 Å². The molecule has 16 heavy (non-hydrogen) atoms. The number of hydrogen-bond donors (Lipinski definition) is 1. The first-order valence-electron chi connectivity index (χ1n) is 4.95. The smallest absolute Gasteiger partial charge is 0.248 e. The predicted molar refractivity (Wildman–Crippen MR) is 58.4 cm³/mol. The molecule has 0 atom stereocenters. The fourth-order valence-electron chi connectivity index (χ4n) is 1.33. The second-order valence-corrected chi connectivity index (χ2v) is 3.29. The van der Waals surface area contributed by atoms with Crippen molar-refractivity contribution in [2.45, 2.75) is 19.1 Å². The molecule has 1 rings (SSSR count). The van der Waals surface area contributed by atoms with Crippen molar-refractivity contribution >= 4 is 5.78 Å². The Morgan fingerprint density at radius 1 is 1.38 bits per heavy atom. The van der Waals surface area contributed by atoms with Crippen molar-refractivity contribution in [3.05, 3.63) is 34.2 Å². The van der Waals surface area contributed by atoms with Gasteiger partial charge in [0.25, 0.3) is 0 Å². The van der Waals surface area contributed by atoms with E-state index in [2.05, 4.69) is 4.98 Å². The first-order chi connectivity index (χ1) is 7.67. The molecule has 0 aliphatic carbocycles. The second kappa shape index (κ2) is 6.19. The average Bonchev–Trinajstić information content (AvgIpc) is 2.30. The summed E-state index contributed by atoms with van der Waals surface area (Å²) in [6.45, 7) is 0. The highest BCUT2D eigenvalue weighted by molar-refractivity contribution is 5.94. The number of ether oxygens (including phenoxy) is 2. The molecule has 0 amide bonds. The van der Waals surface area contributed by atoms with E-state index in [0.29, 0.717) is 12.1 Å². The molecule has 0 spiro atoms. The molecule has 1 aromatic heterocycles. The molecule has 0 aliphatic rings. The molecule has 0 aromatic carbocycles. The quantitative estimate of drug-likeness (QED) is 0.578. The minimum atomic E-state index is -0.389. The Balaban J connectivity index is 2.56. The van der Waals surface area contributed by atoms with Gasteiger partial charge < -0.3 is 14.5 Å². The van der Waals surface area contributed by atoms with Gasteiger partial charge in [-0.25, -0.2) is 0 Å².